The van der Waals surface area contributed by atoms with E-state index in [1.54, 1.807) is 34.9 Å². The van der Waals surface area contributed by atoms with Crippen molar-refractivity contribution in [3.05, 3.63) is 136 Å². The predicted octanol–water partition coefficient (Wildman–Crippen LogP) is 6.08. The molecule has 0 atom stereocenters. The molecule has 34 heavy (non-hydrogen) atoms. The van der Waals surface area contributed by atoms with Gasteiger partial charge in [-0.05, 0) is 54.6 Å². The Labute approximate surface area is 200 Å². The van der Waals surface area contributed by atoms with E-state index in [4.69, 9.17) is 11.6 Å². The third-order valence-electron chi connectivity index (χ3n) is 5.07. The number of para-hydroxylation sites is 1. The third kappa shape index (κ3) is 4.44. The Bertz CT molecular complexity index is 1510. The molecule has 1 N–H and O–H groups in total. The number of ketones is 1. The summed E-state index contributed by atoms with van der Waals surface area (Å²) in [6.45, 7) is 7.45. The van der Waals surface area contributed by atoms with Crippen LogP contribution in [0.25, 0.3) is 16.7 Å². The first-order chi connectivity index (χ1) is 16.4. The second-order valence-electron chi connectivity index (χ2n) is 7.28. The van der Waals surface area contributed by atoms with Gasteiger partial charge in [0.05, 0.1) is 5.39 Å². The molecule has 168 valence electrons. The number of hydrogen-bond donors (Lipinski definition) is 1. The predicted molar refractivity (Wildman–Crippen MR) is 134 cm³/mol. The summed E-state index contributed by atoms with van der Waals surface area (Å²) < 4.78 is 16.7. The van der Waals surface area contributed by atoms with Gasteiger partial charge in [0.1, 0.15) is 11.5 Å². The minimum Gasteiger partial charge on any atom is -0.341 e. The summed E-state index contributed by atoms with van der Waals surface area (Å²) in [5.41, 5.74) is 0.729. The molecule has 0 spiro atoms. The summed E-state index contributed by atoms with van der Waals surface area (Å²) in [6, 6.07) is 17.6. The molecule has 0 saturated heterocycles. The Balaban J connectivity index is 2.02. The van der Waals surface area contributed by atoms with Gasteiger partial charge < -0.3 is 5.32 Å². The van der Waals surface area contributed by atoms with Crippen molar-refractivity contribution in [1.82, 2.24) is 9.55 Å². The summed E-state index contributed by atoms with van der Waals surface area (Å²) in [5, 5.41) is 3.61. The van der Waals surface area contributed by atoms with Crippen molar-refractivity contribution >= 4 is 34.2 Å². The Hall–Kier alpha value is -4.29. The first-order valence-electron chi connectivity index (χ1n) is 10.3. The molecule has 0 bridgehead atoms. The highest BCUT2D eigenvalue weighted by molar-refractivity contribution is 6.30. The fourth-order valence-corrected chi connectivity index (χ4v) is 3.60. The molecule has 0 fully saturated rings. The number of halogens is 2. The number of nitrogens with one attached hydrogen (secondary N) is 1. The van der Waals surface area contributed by atoms with Crippen molar-refractivity contribution < 1.29 is 9.18 Å². The molecule has 0 unspecified atom stereocenters. The van der Waals surface area contributed by atoms with Gasteiger partial charge in [0.25, 0.3) is 0 Å². The van der Waals surface area contributed by atoms with Gasteiger partial charge in [-0.15, -0.1) is 0 Å². The van der Waals surface area contributed by atoms with E-state index in [1.807, 2.05) is 30.3 Å². The second kappa shape index (κ2) is 9.68. The van der Waals surface area contributed by atoms with Crippen LogP contribution in [-0.2, 0) is 0 Å². The van der Waals surface area contributed by atoms with E-state index < -0.39 is 22.7 Å². The van der Waals surface area contributed by atoms with Gasteiger partial charge in [-0.3, -0.25) is 14.2 Å². The van der Waals surface area contributed by atoms with E-state index in [1.165, 1.54) is 18.2 Å². The molecule has 0 radical (unpaired) electrons. The minimum atomic E-state index is -0.886. The number of fused-ring (bicyclic) bond motifs is 1. The highest BCUT2D eigenvalue weighted by Gasteiger charge is 2.21. The van der Waals surface area contributed by atoms with Gasteiger partial charge >= 0.3 is 0 Å². The van der Waals surface area contributed by atoms with Crippen LogP contribution in [0.5, 0.6) is 0 Å². The van der Waals surface area contributed by atoms with Crippen molar-refractivity contribution in [2.24, 2.45) is 0 Å². The van der Waals surface area contributed by atoms with Gasteiger partial charge in [0, 0.05) is 28.0 Å². The fraction of sp³-hybridized carbons (Fsp3) is 0. The minimum absolute atomic E-state index is 0.0346. The van der Waals surface area contributed by atoms with Crippen molar-refractivity contribution in [2.45, 2.75) is 0 Å². The van der Waals surface area contributed by atoms with Crippen molar-refractivity contribution in [1.29, 1.82) is 0 Å². The molecule has 0 aliphatic rings. The SMILES string of the molecule is C=C/C=C(\C=C)Nc1cc(=O)c2cc(F)c(C(=O)c3ccc(Cl)cc3)nc2n1-c1ccccc1. The van der Waals surface area contributed by atoms with E-state index >= 15 is 4.39 Å². The molecule has 0 saturated carbocycles. The molecule has 0 aliphatic carbocycles. The summed E-state index contributed by atoms with van der Waals surface area (Å²) >= 11 is 5.91. The van der Waals surface area contributed by atoms with Crippen LogP contribution >= 0.6 is 11.6 Å². The second-order valence-corrected chi connectivity index (χ2v) is 7.71. The average molecular weight is 472 g/mol. The van der Waals surface area contributed by atoms with Gasteiger partial charge in [0.15, 0.2) is 16.9 Å². The maximum atomic E-state index is 15.0. The van der Waals surface area contributed by atoms with Crippen molar-refractivity contribution in [3.63, 3.8) is 0 Å². The zero-order valence-electron chi connectivity index (χ0n) is 18.0. The Morgan fingerprint density at radius 2 is 1.76 bits per heavy atom. The molecule has 4 rings (SSSR count). The van der Waals surface area contributed by atoms with Crippen LogP contribution in [0.2, 0.25) is 5.02 Å². The largest absolute Gasteiger partial charge is 0.341 e. The Morgan fingerprint density at radius 1 is 1.06 bits per heavy atom. The quantitative estimate of drug-likeness (QED) is 0.262. The molecule has 2 aromatic heterocycles. The highest BCUT2D eigenvalue weighted by Crippen LogP contribution is 2.25. The van der Waals surface area contributed by atoms with Gasteiger partial charge in [0.2, 0.25) is 5.78 Å². The molecule has 7 heteroatoms. The van der Waals surface area contributed by atoms with E-state index in [-0.39, 0.29) is 16.6 Å². The smallest absolute Gasteiger partial charge is 0.214 e. The molecular weight excluding hydrogens is 453 g/mol. The van der Waals surface area contributed by atoms with Crippen LogP contribution in [0.3, 0.4) is 0 Å². The Kier molecular flexibility index (Phi) is 6.52. The molecule has 5 nitrogen and oxygen atoms in total. The fourth-order valence-electron chi connectivity index (χ4n) is 3.47. The maximum absolute atomic E-state index is 15.0. The van der Waals surface area contributed by atoms with Crippen molar-refractivity contribution in [2.75, 3.05) is 5.32 Å². The normalized spacial score (nSPS) is 11.3. The van der Waals surface area contributed by atoms with Gasteiger partial charge in [-0.1, -0.05) is 49.0 Å². The number of aromatic nitrogens is 2. The zero-order chi connectivity index (χ0) is 24.2. The number of benzene rings is 2. The van der Waals surface area contributed by atoms with E-state index in [0.29, 0.717) is 22.2 Å². The number of allylic oxidation sites excluding steroid dienone is 3. The Morgan fingerprint density at radius 3 is 2.41 bits per heavy atom. The molecular formula is C27H19ClFN3O2. The van der Waals surface area contributed by atoms with Gasteiger partial charge in [-0.25, -0.2) is 9.37 Å². The summed E-state index contributed by atoms with van der Waals surface area (Å²) in [4.78, 5) is 30.3. The lowest BCUT2D eigenvalue weighted by Crippen LogP contribution is -2.17. The summed E-state index contributed by atoms with van der Waals surface area (Å²) in [7, 11) is 0. The lowest BCUT2D eigenvalue weighted by molar-refractivity contribution is 0.103. The van der Waals surface area contributed by atoms with Crippen LogP contribution in [-0.4, -0.2) is 15.3 Å². The molecule has 2 heterocycles. The first kappa shape index (κ1) is 22.9. The zero-order valence-corrected chi connectivity index (χ0v) is 18.7. The maximum Gasteiger partial charge on any atom is 0.214 e. The van der Waals surface area contributed by atoms with E-state index in [2.05, 4.69) is 23.5 Å². The molecule has 2 aromatic carbocycles. The number of nitrogens with zero attached hydrogens (tertiary/aromatic N) is 2. The number of hydrogen-bond acceptors (Lipinski definition) is 4. The number of carbonyl (C=O) groups is 1. The lowest BCUT2D eigenvalue weighted by atomic mass is 10.1. The highest BCUT2D eigenvalue weighted by atomic mass is 35.5. The van der Waals surface area contributed by atoms with Crippen LogP contribution in [0.1, 0.15) is 16.1 Å². The van der Waals surface area contributed by atoms with E-state index in [9.17, 15) is 9.59 Å². The standard InChI is InChI=1S/C27H19ClFN3O2/c1-3-8-19(4-2)30-24-16-23(33)21-15-22(29)25(26(34)17-11-13-18(28)14-12-17)31-27(21)32(24)20-9-6-5-7-10-20/h3-16,30H,1-2H2/b19-8+. The van der Waals surface area contributed by atoms with E-state index in [0.717, 1.165) is 6.07 Å². The average Bonchev–Trinajstić information content (AvgIpc) is 2.84. The number of anilines is 1. The summed E-state index contributed by atoms with van der Waals surface area (Å²) in [5.74, 6) is -1.15. The monoisotopic (exact) mass is 471 g/mol. The topological polar surface area (TPSA) is 64.0 Å². The first-order valence-corrected chi connectivity index (χ1v) is 10.6. The van der Waals surface area contributed by atoms with Gasteiger partial charge in [-0.2, -0.15) is 0 Å². The van der Waals surface area contributed by atoms with Crippen LogP contribution in [0, 0.1) is 5.82 Å². The molecule has 4 aromatic rings. The molecule has 0 amide bonds. The van der Waals surface area contributed by atoms with Crippen LogP contribution in [0.15, 0.2) is 109 Å². The van der Waals surface area contributed by atoms with Crippen molar-refractivity contribution in [3.8, 4) is 5.69 Å². The lowest BCUT2D eigenvalue weighted by Gasteiger charge is -2.18. The number of carbonyl (C=O) groups excluding carboxylic acids is 1. The third-order valence-corrected chi connectivity index (χ3v) is 5.32. The van der Waals surface area contributed by atoms with Crippen LogP contribution < -0.4 is 10.7 Å². The number of pyridine rings is 2. The van der Waals surface area contributed by atoms with Crippen LogP contribution in [0.4, 0.5) is 10.2 Å². The summed E-state index contributed by atoms with van der Waals surface area (Å²) in [6.07, 6.45) is 4.83. The number of rotatable bonds is 7. The molecule has 0 aliphatic heterocycles.